The van der Waals surface area contributed by atoms with Crippen molar-refractivity contribution >= 4 is 0 Å². The van der Waals surface area contributed by atoms with Crippen LogP contribution in [0.2, 0.25) is 0 Å². The third-order valence-electron chi connectivity index (χ3n) is 2.94. The van der Waals surface area contributed by atoms with E-state index in [1.54, 1.807) is 0 Å². The molecule has 1 nitrogen and oxygen atoms in total. The lowest BCUT2D eigenvalue weighted by Crippen LogP contribution is -2.18. The molecular weight excluding hydrogens is 158 g/mol. The average molecular weight is 175 g/mol. The molecule has 1 aliphatic rings. The Kier molecular flexibility index (Phi) is 2.36. The Labute approximate surface area is 80.2 Å². The van der Waals surface area contributed by atoms with Crippen LogP contribution in [0.4, 0.5) is 0 Å². The van der Waals surface area contributed by atoms with E-state index in [-0.39, 0.29) is 0 Å². The van der Waals surface area contributed by atoms with Crippen LogP contribution in [0.5, 0.6) is 0 Å². The second-order valence-corrected chi connectivity index (χ2v) is 3.88. The molecule has 0 aromatic heterocycles. The minimum atomic E-state index is 0.594. The highest BCUT2D eigenvalue weighted by Gasteiger charge is 2.26. The van der Waals surface area contributed by atoms with Gasteiger partial charge in [0, 0.05) is 6.04 Å². The Morgan fingerprint density at radius 3 is 2.69 bits per heavy atom. The fraction of sp³-hybridized carbons (Fsp3) is 0.500. The molecule has 0 saturated carbocycles. The van der Waals surface area contributed by atoms with Gasteiger partial charge in [0.15, 0.2) is 0 Å². The average Bonchev–Trinajstić information content (AvgIpc) is 2.46. The summed E-state index contributed by atoms with van der Waals surface area (Å²) in [7, 11) is 0. The first kappa shape index (κ1) is 8.76. The number of fused-ring (bicyclic) bond motifs is 1. The van der Waals surface area contributed by atoms with E-state index in [2.05, 4.69) is 43.4 Å². The summed E-state index contributed by atoms with van der Waals surface area (Å²) >= 11 is 0. The van der Waals surface area contributed by atoms with Crippen LogP contribution in [0.15, 0.2) is 24.3 Å². The summed E-state index contributed by atoms with van der Waals surface area (Å²) in [6, 6.07) is 9.39. The summed E-state index contributed by atoms with van der Waals surface area (Å²) in [5, 5.41) is 3.53. The molecular formula is C12H17N. The quantitative estimate of drug-likeness (QED) is 0.728. The van der Waals surface area contributed by atoms with E-state index in [9.17, 15) is 0 Å². The second kappa shape index (κ2) is 3.51. The van der Waals surface area contributed by atoms with Gasteiger partial charge in [-0.25, -0.2) is 0 Å². The van der Waals surface area contributed by atoms with E-state index in [1.165, 1.54) is 17.5 Å². The van der Waals surface area contributed by atoms with Gasteiger partial charge in [0.05, 0.1) is 0 Å². The second-order valence-electron chi connectivity index (χ2n) is 3.88. The Balaban J connectivity index is 2.30. The van der Waals surface area contributed by atoms with Crippen LogP contribution in [0, 0.1) is 0 Å². The maximum atomic E-state index is 3.53. The molecule has 2 atom stereocenters. The van der Waals surface area contributed by atoms with E-state index >= 15 is 0 Å². The molecule has 1 heteroatoms. The van der Waals surface area contributed by atoms with Crippen LogP contribution in [0.25, 0.3) is 0 Å². The van der Waals surface area contributed by atoms with Crippen LogP contribution >= 0.6 is 0 Å². The molecule has 1 aliphatic carbocycles. The van der Waals surface area contributed by atoms with Crippen molar-refractivity contribution in [3.8, 4) is 0 Å². The molecule has 0 aliphatic heterocycles. The molecule has 0 bridgehead atoms. The Morgan fingerprint density at radius 2 is 2.00 bits per heavy atom. The number of nitrogens with one attached hydrogen (secondary N) is 1. The molecule has 13 heavy (non-hydrogen) atoms. The Hall–Kier alpha value is -0.820. The van der Waals surface area contributed by atoms with Gasteiger partial charge in [-0.1, -0.05) is 38.1 Å². The topological polar surface area (TPSA) is 12.0 Å². The third-order valence-corrected chi connectivity index (χ3v) is 2.94. The van der Waals surface area contributed by atoms with E-state index in [0.717, 1.165) is 12.5 Å². The summed E-state index contributed by atoms with van der Waals surface area (Å²) in [4.78, 5) is 0. The molecule has 1 aromatic rings. The lowest BCUT2D eigenvalue weighted by atomic mass is 10.0. The third kappa shape index (κ3) is 1.49. The van der Waals surface area contributed by atoms with Gasteiger partial charge in [0.2, 0.25) is 0 Å². The minimum Gasteiger partial charge on any atom is -0.310 e. The van der Waals surface area contributed by atoms with E-state index in [4.69, 9.17) is 0 Å². The van der Waals surface area contributed by atoms with Crippen molar-refractivity contribution in [1.82, 2.24) is 5.32 Å². The van der Waals surface area contributed by atoms with Crippen molar-refractivity contribution in [3.63, 3.8) is 0 Å². The highest BCUT2D eigenvalue weighted by atomic mass is 14.9. The number of benzene rings is 1. The van der Waals surface area contributed by atoms with Crippen molar-refractivity contribution in [2.24, 2.45) is 0 Å². The van der Waals surface area contributed by atoms with Gasteiger partial charge >= 0.3 is 0 Å². The van der Waals surface area contributed by atoms with Gasteiger partial charge in [-0.2, -0.15) is 0 Å². The van der Waals surface area contributed by atoms with Gasteiger partial charge in [-0.3, -0.25) is 0 Å². The van der Waals surface area contributed by atoms with Crippen molar-refractivity contribution in [1.29, 1.82) is 0 Å². The summed E-state index contributed by atoms with van der Waals surface area (Å²) in [6.07, 6.45) is 1.26. The smallest absolute Gasteiger partial charge is 0.0328 e. The Morgan fingerprint density at radius 1 is 1.31 bits per heavy atom. The zero-order valence-electron chi connectivity index (χ0n) is 8.38. The molecule has 0 heterocycles. The van der Waals surface area contributed by atoms with Gasteiger partial charge in [0.1, 0.15) is 0 Å². The molecule has 0 fully saturated rings. The van der Waals surface area contributed by atoms with Crippen LogP contribution < -0.4 is 5.32 Å². The molecule has 1 aromatic carbocycles. The summed E-state index contributed by atoms with van der Waals surface area (Å²) in [6.45, 7) is 5.55. The largest absolute Gasteiger partial charge is 0.310 e. The zero-order chi connectivity index (χ0) is 9.26. The maximum absolute atomic E-state index is 3.53. The Bertz CT molecular complexity index is 293. The predicted molar refractivity (Wildman–Crippen MR) is 55.9 cm³/mol. The highest BCUT2D eigenvalue weighted by Crippen LogP contribution is 2.39. The molecule has 1 N–H and O–H groups in total. The van der Waals surface area contributed by atoms with Gasteiger partial charge < -0.3 is 5.32 Å². The van der Waals surface area contributed by atoms with Gasteiger partial charge in [-0.15, -0.1) is 0 Å². The summed E-state index contributed by atoms with van der Waals surface area (Å²) in [5.41, 5.74) is 3.05. The summed E-state index contributed by atoms with van der Waals surface area (Å²) in [5.74, 6) is 0.722. The predicted octanol–water partition coefficient (Wildman–Crippen LogP) is 2.84. The first-order chi connectivity index (χ1) is 6.33. The number of rotatable bonds is 2. The van der Waals surface area contributed by atoms with Gasteiger partial charge in [-0.05, 0) is 30.0 Å². The normalized spacial score (nSPS) is 26.0. The van der Waals surface area contributed by atoms with E-state index < -0.39 is 0 Å². The van der Waals surface area contributed by atoms with Crippen LogP contribution in [-0.4, -0.2) is 6.54 Å². The van der Waals surface area contributed by atoms with Gasteiger partial charge in [0.25, 0.3) is 0 Å². The standard InChI is InChI=1S/C12H17N/c1-3-13-12-8-9(2)10-6-4-5-7-11(10)12/h4-7,9,12-13H,3,8H2,1-2H3. The number of hydrogen-bond donors (Lipinski definition) is 1. The molecule has 70 valence electrons. The van der Waals surface area contributed by atoms with Crippen molar-refractivity contribution < 1.29 is 0 Å². The monoisotopic (exact) mass is 175 g/mol. The molecule has 0 radical (unpaired) electrons. The molecule has 2 rings (SSSR count). The van der Waals surface area contributed by atoms with Crippen LogP contribution in [-0.2, 0) is 0 Å². The van der Waals surface area contributed by atoms with E-state index in [0.29, 0.717) is 6.04 Å². The molecule has 0 saturated heterocycles. The molecule has 0 amide bonds. The zero-order valence-corrected chi connectivity index (χ0v) is 8.38. The van der Waals surface area contributed by atoms with Crippen molar-refractivity contribution in [2.75, 3.05) is 6.54 Å². The highest BCUT2D eigenvalue weighted by molar-refractivity contribution is 5.37. The SMILES string of the molecule is CCNC1CC(C)c2ccccc21. The number of hydrogen-bond acceptors (Lipinski definition) is 1. The van der Waals surface area contributed by atoms with E-state index in [1.807, 2.05) is 0 Å². The lowest BCUT2D eigenvalue weighted by molar-refractivity contribution is 0.521. The first-order valence-electron chi connectivity index (χ1n) is 5.15. The van der Waals surface area contributed by atoms with Crippen LogP contribution in [0.3, 0.4) is 0 Å². The van der Waals surface area contributed by atoms with Crippen LogP contribution in [0.1, 0.15) is 43.4 Å². The summed E-state index contributed by atoms with van der Waals surface area (Å²) < 4.78 is 0. The fourth-order valence-corrected chi connectivity index (χ4v) is 2.32. The van der Waals surface area contributed by atoms with Crippen molar-refractivity contribution in [3.05, 3.63) is 35.4 Å². The maximum Gasteiger partial charge on any atom is 0.0328 e. The lowest BCUT2D eigenvalue weighted by Gasteiger charge is -2.11. The first-order valence-corrected chi connectivity index (χ1v) is 5.15. The molecule has 2 unspecified atom stereocenters. The minimum absolute atomic E-state index is 0.594. The van der Waals surface area contributed by atoms with Crippen molar-refractivity contribution in [2.45, 2.75) is 32.2 Å². The fourth-order valence-electron chi connectivity index (χ4n) is 2.32. The molecule has 0 spiro atoms.